The van der Waals surface area contributed by atoms with Crippen LogP contribution in [-0.2, 0) is 9.47 Å². The van der Waals surface area contributed by atoms with Crippen LogP contribution in [0.15, 0.2) is 0 Å². The second kappa shape index (κ2) is 24.3. The summed E-state index contributed by atoms with van der Waals surface area (Å²) in [6.07, 6.45) is 23.7. The second-order valence-corrected chi connectivity index (χ2v) is 9.75. The molecule has 0 spiro atoms. The van der Waals surface area contributed by atoms with Gasteiger partial charge in [-0.05, 0) is 12.8 Å². The highest BCUT2D eigenvalue weighted by Crippen LogP contribution is 2.19. The van der Waals surface area contributed by atoms with Gasteiger partial charge in [0.25, 0.3) is 0 Å². The fourth-order valence-electron chi connectivity index (χ4n) is 3.95. The number of unbranched alkanes of at least 4 members (excludes halogenated alkanes) is 18. The van der Waals surface area contributed by atoms with Crippen molar-refractivity contribution in [1.82, 2.24) is 0 Å². The van der Waals surface area contributed by atoms with Crippen molar-refractivity contribution >= 4 is 12.6 Å². The summed E-state index contributed by atoms with van der Waals surface area (Å²) in [6.45, 7) is 5.36. The Morgan fingerprint density at radius 3 is 1.31 bits per heavy atom. The molecule has 2 unspecified atom stereocenters. The summed E-state index contributed by atoms with van der Waals surface area (Å²) >= 11 is 4.16. The highest BCUT2D eigenvalue weighted by Gasteiger charge is 2.36. The molecule has 0 fully saturated rings. The lowest BCUT2D eigenvalue weighted by atomic mass is 10.1. The molecule has 0 aliphatic heterocycles. The van der Waals surface area contributed by atoms with Crippen LogP contribution in [0.4, 0.5) is 0 Å². The van der Waals surface area contributed by atoms with Gasteiger partial charge in [0.1, 0.15) is 0 Å². The second-order valence-electron chi connectivity index (χ2n) is 9.44. The van der Waals surface area contributed by atoms with Crippen LogP contribution in [0.2, 0.25) is 0 Å². The fraction of sp³-hybridized carbons (Fsp3) is 1.00. The van der Waals surface area contributed by atoms with Crippen molar-refractivity contribution in [2.45, 2.75) is 154 Å². The predicted molar refractivity (Wildman–Crippen MR) is 140 cm³/mol. The third-order valence-corrected chi connectivity index (χ3v) is 6.69. The minimum Gasteiger partial charge on any atom is -0.364 e. The summed E-state index contributed by atoms with van der Waals surface area (Å²) in [5, 5.41) is 20.7. The molecule has 0 radical (unpaired) electrons. The Morgan fingerprint density at radius 2 is 0.938 bits per heavy atom. The van der Waals surface area contributed by atoms with Crippen LogP contribution < -0.4 is 0 Å². The van der Waals surface area contributed by atoms with E-state index < -0.39 is 12.1 Å². The van der Waals surface area contributed by atoms with Crippen LogP contribution in [0.25, 0.3) is 0 Å². The molecule has 0 heterocycles. The zero-order valence-corrected chi connectivity index (χ0v) is 22.4. The minimum atomic E-state index is -1.72. The third kappa shape index (κ3) is 19.6. The smallest absolute Gasteiger partial charge is 0.227 e. The molecule has 4 nitrogen and oxygen atoms in total. The molecule has 0 saturated heterocycles. The third-order valence-electron chi connectivity index (χ3n) is 6.24. The molecule has 0 rings (SSSR count). The summed E-state index contributed by atoms with van der Waals surface area (Å²) in [7, 11) is 0. The van der Waals surface area contributed by atoms with E-state index in [1.807, 2.05) is 0 Å². The summed E-state index contributed by atoms with van der Waals surface area (Å²) in [5.41, 5.74) is 0. The maximum atomic E-state index is 10.5. The van der Waals surface area contributed by atoms with Crippen molar-refractivity contribution in [2.75, 3.05) is 19.0 Å². The van der Waals surface area contributed by atoms with Gasteiger partial charge in [-0.15, -0.1) is 0 Å². The van der Waals surface area contributed by atoms with Gasteiger partial charge in [-0.1, -0.05) is 129 Å². The summed E-state index contributed by atoms with van der Waals surface area (Å²) in [5.74, 6) is -1.70. The molecule has 2 N–H and O–H groups in total. The van der Waals surface area contributed by atoms with E-state index in [1.165, 1.54) is 103 Å². The molecule has 2 atom stereocenters. The van der Waals surface area contributed by atoms with Crippen LogP contribution in [0.1, 0.15) is 142 Å². The van der Waals surface area contributed by atoms with Crippen molar-refractivity contribution in [2.24, 2.45) is 0 Å². The molecule has 0 aromatic carbocycles. The van der Waals surface area contributed by atoms with E-state index in [1.54, 1.807) is 0 Å². The number of hydrogen-bond acceptors (Lipinski definition) is 5. The van der Waals surface area contributed by atoms with Gasteiger partial charge in [-0.25, -0.2) is 0 Å². The molecule has 0 aliphatic rings. The number of thiol groups is 1. The number of aliphatic hydroxyl groups is 2. The Labute approximate surface area is 205 Å². The van der Waals surface area contributed by atoms with Gasteiger partial charge in [0.05, 0.1) is 6.61 Å². The Hall–Kier alpha value is 0.190. The number of hydrogen-bond donors (Lipinski definition) is 3. The predicted octanol–water partition coefficient (Wildman–Crippen LogP) is 7.80. The molecule has 194 valence electrons. The van der Waals surface area contributed by atoms with Crippen molar-refractivity contribution in [3.63, 3.8) is 0 Å². The Bertz CT molecular complexity index is 370. The van der Waals surface area contributed by atoms with Crippen molar-refractivity contribution in [3.05, 3.63) is 0 Å². The molecular formula is C27H56O4S. The first-order valence-electron chi connectivity index (χ1n) is 13.9. The average molecular weight is 477 g/mol. The molecule has 0 amide bonds. The van der Waals surface area contributed by atoms with Crippen LogP contribution in [0.5, 0.6) is 0 Å². The van der Waals surface area contributed by atoms with Crippen LogP contribution >= 0.6 is 12.6 Å². The topological polar surface area (TPSA) is 58.9 Å². The standard InChI is InChI=1S/C27H56O4S/c1-3-5-7-9-11-13-15-17-19-21-23-30-26(28)27(29,25-32)31-24-22-20-18-16-14-12-10-8-6-4-2/h26,28-29,32H,3-25H2,1-2H3. The van der Waals surface area contributed by atoms with Crippen molar-refractivity contribution in [3.8, 4) is 0 Å². The van der Waals surface area contributed by atoms with Crippen LogP contribution in [0, 0.1) is 0 Å². The Balaban J connectivity index is 3.62. The number of rotatable bonds is 26. The Kier molecular flexibility index (Phi) is 24.5. The summed E-state index contributed by atoms with van der Waals surface area (Å²) in [6, 6.07) is 0. The normalized spacial score (nSPS) is 14.5. The maximum Gasteiger partial charge on any atom is 0.227 e. The Morgan fingerprint density at radius 1 is 0.594 bits per heavy atom. The van der Waals surface area contributed by atoms with E-state index in [-0.39, 0.29) is 5.75 Å². The fourth-order valence-corrected chi connectivity index (χ4v) is 4.20. The molecule has 0 aromatic heterocycles. The first-order valence-corrected chi connectivity index (χ1v) is 14.5. The molecular weight excluding hydrogens is 420 g/mol. The summed E-state index contributed by atoms with van der Waals surface area (Å²) < 4.78 is 11.0. The van der Waals surface area contributed by atoms with Gasteiger partial charge in [-0.2, -0.15) is 12.6 Å². The molecule has 5 heteroatoms. The minimum absolute atomic E-state index is 0.0178. The van der Waals surface area contributed by atoms with E-state index in [9.17, 15) is 10.2 Å². The highest BCUT2D eigenvalue weighted by atomic mass is 32.1. The molecule has 0 aliphatic carbocycles. The van der Waals surface area contributed by atoms with E-state index in [4.69, 9.17) is 9.47 Å². The van der Waals surface area contributed by atoms with E-state index in [0.717, 1.165) is 25.7 Å². The molecule has 32 heavy (non-hydrogen) atoms. The number of aliphatic hydroxyl groups excluding tert-OH is 1. The lowest BCUT2D eigenvalue weighted by Crippen LogP contribution is -2.48. The lowest BCUT2D eigenvalue weighted by Gasteiger charge is -2.31. The monoisotopic (exact) mass is 476 g/mol. The largest absolute Gasteiger partial charge is 0.364 e. The average Bonchev–Trinajstić information content (AvgIpc) is 2.80. The first-order chi connectivity index (χ1) is 15.6. The molecule has 0 saturated carbocycles. The van der Waals surface area contributed by atoms with E-state index in [0.29, 0.717) is 13.2 Å². The zero-order valence-electron chi connectivity index (χ0n) is 21.5. The van der Waals surface area contributed by atoms with E-state index in [2.05, 4.69) is 26.5 Å². The van der Waals surface area contributed by atoms with Gasteiger partial charge < -0.3 is 19.7 Å². The molecule has 0 aromatic rings. The van der Waals surface area contributed by atoms with Gasteiger partial charge >= 0.3 is 0 Å². The summed E-state index contributed by atoms with van der Waals surface area (Å²) in [4.78, 5) is 0. The molecule has 0 bridgehead atoms. The first kappa shape index (κ1) is 32.2. The maximum absolute atomic E-state index is 10.5. The highest BCUT2D eigenvalue weighted by molar-refractivity contribution is 7.80. The lowest BCUT2D eigenvalue weighted by molar-refractivity contribution is -0.312. The van der Waals surface area contributed by atoms with Crippen molar-refractivity contribution < 1.29 is 19.7 Å². The van der Waals surface area contributed by atoms with Gasteiger partial charge in [0.2, 0.25) is 12.1 Å². The van der Waals surface area contributed by atoms with Gasteiger partial charge in [-0.3, -0.25) is 0 Å². The van der Waals surface area contributed by atoms with Gasteiger partial charge in [0, 0.05) is 12.4 Å². The number of ether oxygens (including phenoxy) is 2. The van der Waals surface area contributed by atoms with E-state index >= 15 is 0 Å². The zero-order chi connectivity index (χ0) is 23.8. The van der Waals surface area contributed by atoms with Crippen LogP contribution in [-0.4, -0.2) is 41.3 Å². The quantitative estimate of drug-likeness (QED) is 0.0677. The van der Waals surface area contributed by atoms with Crippen LogP contribution in [0.3, 0.4) is 0 Å². The van der Waals surface area contributed by atoms with Gasteiger partial charge in [0.15, 0.2) is 0 Å². The van der Waals surface area contributed by atoms with Crippen molar-refractivity contribution in [1.29, 1.82) is 0 Å². The SMILES string of the molecule is CCCCCCCCCCCCOC(O)C(O)(CS)OCCCCCCCCCCCC.